The number of nitrogens with one attached hydrogen (secondary N) is 2. The minimum absolute atomic E-state index is 0.0326. The largest absolute Gasteiger partial charge is 0.508 e. The Morgan fingerprint density at radius 3 is 2.25 bits per heavy atom. The molecule has 8 unspecified atom stereocenters. The highest BCUT2D eigenvalue weighted by molar-refractivity contribution is 7.09. The van der Waals surface area contributed by atoms with Gasteiger partial charge in [-0.25, -0.2) is 4.98 Å². The highest BCUT2D eigenvalue weighted by Gasteiger charge is 2.37. The summed E-state index contributed by atoms with van der Waals surface area (Å²) in [6, 6.07) is 4.98. The predicted octanol–water partition coefficient (Wildman–Crippen LogP) is 8.97. The zero-order chi connectivity index (χ0) is 59.4. The van der Waals surface area contributed by atoms with Gasteiger partial charge in [0, 0.05) is 43.5 Å². The van der Waals surface area contributed by atoms with Crippen molar-refractivity contribution >= 4 is 54.0 Å². The van der Waals surface area contributed by atoms with Crippen LogP contribution in [0.4, 0.5) is 0 Å². The molecule has 1 aliphatic heterocycles. The maximum atomic E-state index is 14.6. The first-order valence-corrected chi connectivity index (χ1v) is 30.4. The standard InChI is InChI=1S/C60H99BN5O13S/c1-13-20-47(63-56(72)49-21-16-17-30-65(49)12)58(73)66(29-14-2)50(40(4)5)35-51(75-31-15-3)57-64-48(39-80-57)55(71)62-44(34-43-24-26-45(68)27-25-43)33-42(8)59(74)76-32-19-28-61-52(69)22-18-23-53(70)77-38-54(78-41(6)7)79-46(37-67)36-60(9,10)11/h24-27,39-42,44,46-47,49-51,54,67-68H,13-23,28-38H2,1-12H3,(H,62,71)(H,63,72). The number of hydrogen-bond acceptors (Lipinski definition) is 16. The molecule has 1 aromatic heterocycles. The smallest absolute Gasteiger partial charge is 0.308 e. The van der Waals surface area contributed by atoms with Crippen LogP contribution in [-0.4, -0.2) is 157 Å². The summed E-state index contributed by atoms with van der Waals surface area (Å²) in [4.78, 5) is 89.7. The van der Waals surface area contributed by atoms with Crippen molar-refractivity contribution in [2.45, 2.75) is 228 Å². The van der Waals surface area contributed by atoms with E-state index in [2.05, 4.69) is 29.4 Å². The first-order valence-electron chi connectivity index (χ1n) is 29.6. The van der Waals surface area contributed by atoms with Gasteiger partial charge in [0.25, 0.3) is 5.91 Å². The maximum absolute atomic E-state index is 14.6. The monoisotopic (exact) mass is 1140 g/mol. The van der Waals surface area contributed by atoms with Crippen LogP contribution in [0, 0.1) is 17.3 Å². The number of rotatable bonds is 39. The molecule has 4 N–H and O–H groups in total. The molecule has 0 saturated carbocycles. The van der Waals surface area contributed by atoms with E-state index >= 15 is 0 Å². The van der Waals surface area contributed by atoms with Crippen LogP contribution in [0.1, 0.15) is 193 Å². The number of carbonyl (C=O) groups excluding carboxylic acids is 6. The lowest BCUT2D eigenvalue weighted by atomic mass is 9.67. The third-order valence-corrected chi connectivity index (χ3v) is 14.9. The first-order chi connectivity index (χ1) is 38.0. The molecular weight excluding hydrogens is 1040 g/mol. The zero-order valence-electron chi connectivity index (χ0n) is 50.4. The van der Waals surface area contributed by atoms with E-state index in [0.717, 1.165) is 50.6 Å². The number of phenolic OH excluding ortho intramolecular Hbond substituents is 1. The fourth-order valence-electron chi connectivity index (χ4n) is 9.88. The molecule has 2 aromatic rings. The molecule has 18 nitrogen and oxygen atoms in total. The molecule has 1 aromatic carbocycles. The van der Waals surface area contributed by atoms with Gasteiger partial charge in [-0.1, -0.05) is 93.6 Å². The van der Waals surface area contributed by atoms with Gasteiger partial charge in [-0.3, -0.25) is 28.9 Å². The second kappa shape index (κ2) is 36.9. The molecule has 20 heteroatoms. The fourth-order valence-corrected chi connectivity index (χ4v) is 10.7. The summed E-state index contributed by atoms with van der Waals surface area (Å²) >= 11 is 1.32. The minimum atomic E-state index is -0.840. The minimum Gasteiger partial charge on any atom is -0.508 e. The van der Waals surface area contributed by atoms with E-state index in [1.165, 1.54) is 18.6 Å². The summed E-state index contributed by atoms with van der Waals surface area (Å²) < 4.78 is 29.2. The van der Waals surface area contributed by atoms with Gasteiger partial charge in [-0.15, -0.1) is 11.3 Å². The number of likely N-dealkylation sites (tertiary alicyclic amines) is 1. The molecule has 0 spiro atoms. The molecule has 1 saturated heterocycles. The highest BCUT2D eigenvalue weighted by Crippen LogP contribution is 2.32. The lowest BCUT2D eigenvalue weighted by molar-refractivity contribution is -0.220. The van der Waals surface area contributed by atoms with Crippen molar-refractivity contribution in [2.75, 3.05) is 46.6 Å². The molecule has 0 aliphatic carbocycles. The molecule has 1 radical (unpaired) electrons. The normalized spacial score (nSPS) is 16.7. The van der Waals surface area contributed by atoms with E-state index in [-0.39, 0.29) is 97.5 Å². The Kier molecular flexibility index (Phi) is 32.2. The van der Waals surface area contributed by atoms with E-state index in [1.54, 1.807) is 36.6 Å². The number of aromatic hydroxyl groups is 1. The molecule has 3 amide bonds. The van der Waals surface area contributed by atoms with Crippen LogP contribution in [0.15, 0.2) is 29.6 Å². The van der Waals surface area contributed by atoms with Crippen LogP contribution in [0.25, 0.3) is 0 Å². The van der Waals surface area contributed by atoms with Crippen molar-refractivity contribution in [1.82, 2.24) is 25.4 Å². The summed E-state index contributed by atoms with van der Waals surface area (Å²) in [7, 11) is 3.50. The zero-order valence-corrected chi connectivity index (χ0v) is 51.2. The lowest BCUT2D eigenvalue weighted by Crippen LogP contribution is -2.57. The summed E-state index contributed by atoms with van der Waals surface area (Å²) in [5.74, 6) is -2.04. The molecule has 1 fully saturated rings. The number of amides is 3. The molecule has 2 heterocycles. The van der Waals surface area contributed by atoms with Gasteiger partial charge in [0.2, 0.25) is 19.1 Å². The van der Waals surface area contributed by atoms with Crippen LogP contribution in [0.3, 0.4) is 0 Å². The summed E-state index contributed by atoms with van der Waals surface area (Å²) in [6.07, 6.45) is 6.37. The SMILES string of the molecule is CCCOC(CC(C(C)C)N(CCC)C(=O)C(CCC)NC(=O)C1CCCCN1C)c1nc(C(=O)NC(Cc2ccc(O)cc2)CC(C)C(=O)OCCC[B]C(=O)CCCC(=O)OCC(OC(C)C)OC(CO)CC(C)(C)C)cs1. The van der Waals surface area contributed by atoms with Gasteiger partial charge >= 0.3 is 11.9 Å². The van der Waals surface area contributed by atoms with Crippen molar-refractivity contribution in [1.29, 1.82) is 0 Å². The average molecular weight is 1140 g/mol. The number of aromatic nitrogens is 1. The molecule has 0 bridgehead atoms. The second-order valence-corrected chi connectivity index (χ2v) is 24.3. The quantitative estimate of drug-likeness (QED) is 0.0212. The van der Waals surface area contributed by atoms with Gasteiger partial charge in [-0.2, -0.15) is 0 Å². The predicted molar refractivity (Wildman–Crippen MR) is 312 cm³/mol. The van der Waals surface area contributed by atoms with Gasteiger partial charge in [0.05, 0.1) is 43.1 Å². The Labute approximate surface area is 483 Å². The van der Waals surface area contributed by atoms with Crippen molar-refractivity contribution in [3.63, 3.8) is 0 Å². The Balaban J connectivity index is 1.60. The first kappa shape index (κ1) is 69.8. The van der Waals surface area contributed by atoms with E-state index in [0.29, 0.717) is 63.0 Å². The number of nitrogens with zero attached hydrogens (tertiary/aromatic N) is 3. The summed E-state index contributed by atoms with van der Waals surface area (Å²) in [5, 5.41) is 28.4. The van der Waals surface area contributed by atoms with Gasteiger partial charge in [0.1, 0.15) is 35.2 Å². The van der Waals surface area contributed by atoms with Crippen LogP contribution in [0.5, 0.6) is 5.75 Å². The Bertz CT molecular complexity index is 2160. The van der Waals surface area contributed by atoms with Crippen molar-refractivity contribution in [2.24, 2.45) is 17.3 Å². The number of phenols is 1. The number of aliphatic hydroxyl groups excluding tert-OH is 1. The lowest BCUT2D eigenvalue weighted by Gasteiger charge is -2.39. The highest BCUT2D eigenvalue weighted by atomic mass is 32.1. The average Bonchev–Trinajstić information content (AvgIpc) is 3.94. The molecule has 80 heavy (non-hydrogen) atoms. The number of ether oxygens (including phenoxy) is 5. The third kappa shape index (κ3) is 26.2. The van der Waals surface area contributed by atoms with Crippen LogP contribution in [0.2, 0.25) is 6.32 Å². The van der Waals surface area contributed by atoms with Crippen molar-refractivity contribution < 1.29 is 62.7 Å². The number of piperidine rings is 1. The number of aliphatic hydroxyl groups is 1. The maximum Gasteiger partial charge on any atom is 0.308 e. The summed E-state index contributed by atoms with van der Waals surface area (Å²) in [6.45, 7) is 23.4. The molecule has 8 atom stereocenters. The van der Waals surface area contributed by atoms with Gasteiger partial charge in [-0.05, 0) is 127 Å². The third-order valence-electron chi connectivity index (χ3n) is 13.9. The van der Waals surface area contributed by atoms with Crippen LogP contribution >= 0.6 is 11.3 Å². The van der Waals surface area contributed by atoms with Gasteiger partial charge in [0.15, 0.2) is 6.29 Å². The number of hydrogen-bond donors (Lipinski definition) is 4. The van der Waals surface area contributed by atoms with E-state index in [4.69, 9.17) is 28.7 Å². The van der Waals surface area contributed by atoms with Crippen molar-refractivity contribution in [3.05, 3.63) is 45.9 Å². The molecule has 1 aliphatic rings. The molecular formula is C60H99BN5O13S. The summed E-state index contributed by atoms with van der Waals surface area (Å²) in [5.41, 5.74) is 0.812. The van der Waals surface area contributed by atoms with Crippen LogP contribution in [-0.2, 0) is 54.1 Å². The fraction of sp³-hybridized carbons (Fsp3) is 0.750. The van der Waals surface area contributed by atoms with E-state index < -0.39 is 54.3 Å². The van der Waals surface area contributed by atoms with E-state index in [1.807, 2.05) is 67.3 Å². The Morgan fingerprint density at radius 1 is 0.900 bits per heavy atom. The molecule has 451 valence electrons. The number of thiazole rings is 1. The number of esters is 2. The Morgan fingerprint density at radius 2 is 1.62 bits per heavy atom. The van der Waals surface area contributed by atoms with E-state index in [9.17, 15) is 39.0 Å². The van der Waals surface area contributed by atoms with Crippen LogP contribution < -0.4 is 10.6 Å². The number of benzene rings is 1. The number of likely N-dealkylation sites (N-methyl/N-ethyl adjacent to an activating group) is 1. The van der Waals surface area contributed by atoms with Gasteiger partial charge < -0.3 is 54.2 Å². The second-order valence-electron chi connectivity index (χ2n) is 23.4. The van der Waals surface area contributed by atoms with Crippen molar-refractivity contribution in [3.8, 4) is 5.75 Å². The number of carbonyl (C=O) groups is 6. The molecule has 3 rings (SSSR count). The Hall–Kier alpha value is -4.47. The topological polar surface area (TPSA) is 232 Å².